The van der Waals surface area contributed by atoms with Crippen molar-refractivity contribution in [2.24, 2.45) is 5.92 Å². The number of hydrogen-bond donors (Lipinski definition) is 0. The van der Waals surface area contributed by atoms with E-state index in [0.29, 0.717) is 0 Å². The molecule has 0 aromatic heterocycles. The highest BCUT2D eigenvalue weighted by molar-refractivity contribution is 4.85. The van der Waals surface area contributed by atoms with E-state index in [2.05, 4.69) is 21.6 Å². The lowest BCUT2D eigenvalue weighted by Gasteiger charge is -2.42. The zero-order valence-corrected chi connectivity index (χ0v) is 13.4. The predicted octanol–water partition coefficient (Wildman–Crippen LogP) is 2.28. The monoisotopic (exact) mass is 279 g/mol. The third-order valence-corrected chi connectivity index (χ3v) is 5.79. The molecule has 3 aliphatic rings. The fourth-order valence-corrected chi connectivity index (χ4v) is 4.51. The van der Waals surface area contributed by atoms with Gasteiger partial charge in [0, 0.05) is 19.1 Å². The number of piperidine rings is 2. The highest BCUT2D eigenvalue weighted by atomic mass is 15.2. The third kappa shape index (κ3) is 3.75. The summed E-state index contributed by atoms with van der Waals surface area (Å²) in [6.45, 7) is 13.1. The van der Waals surface area contributed by atoms with E-state index in [1.54, 1.807) is 0 Å². The lowest BCUT2D eigenvalue weighted by atomic mass is 9.93. The molecule has 3 saturated heterocycles. The lowest BCUT2D eigenvalue weighted by molar-refractivity contribution is 0.0640. The van der Waals surface area contributed by atoms with Crippen molar-refractivity contribution in [3.8, 4) is 0 Å². The number of hydrogen-bond acceptors (Lipinski definition) is 3. The Kier molecular flexibility index (Phi) is 5.36. The molecule has 0 spiro atoms. The van der Waals surface area contributed by atoms with Crippen molar-refractivity contribution in [2.75, 3.05) is 52.4 Å². The minimum atomic E-state index is 0.888. The van der Waals surface area contributed by atoms with E-state index < -0.39 is 0 Å². The molecule has 0 aromatic carbocycles. The fraction of sp³-hybridized carbons (Fsp3) is 1.00. The van der Waals surface area contributed by atoms with Gasteiger partial charge in [-0.2, -0.15) is 0 Å². The summed E-state index contributed by atoms with van der Waals surface area (Å²) in [6, 6.07) is 0.888. The van der Waals surface area contributed by atoms with E-state index in [4.69, 9.17) is 0 Å². The minimum Gasteiger partial charge on any atom is -0.303 e. The molecule has 0 aliphatic carbocycles. The summed E-state index contributed by atoms with van der Waals surface area (Å²) in [6.07, 6.45) is 8.60. The van der Waals surface area contributed by atoms with Crippen LogP contribution in [0.15, 0.2) is 0 Å². The molecule has 3 nitrogen and oxygen atoms in total. The maximum atomic E-state index is 2.84. The number of likely N-dealkylation sites (tertiary alicyclic amines) is 3. The highest BCUT2D eigenvalue weighted by Crippen LogP contribution is 2.25. The average molecular weight is 279 g/mol. The zero-order chi connectivity index (χ0) is 13.8. The molecular weight excluding hydrogens is 246 g/mol. The molecule has 3 rings (SSSR count). The van der Waals surface area contributed by atoms with Crippen LogP contribution in [0.2, 0.25) is 0 Å². The SMILES string of the molecule is CCN1CCC(N2CCC[C@@H](CN3CCCC3)C2)CC1. The largest absolute Gasteiger partial charge is 0.303 e. The highest BCUT2D eigenvalue weighted by Gasteiger charge is 2.29. The Balaban J connectivity index is 1.45. The molecule has 0 aromatic rings. The molecule has 3 fully saturated rings. The van der Waals surface area contributed by atoms with Gasteiger partial charge in [0.2, 0.25) is 0 Å². The number of rotatable bonds is 4. The van der Waals surface area contributed by atoms with Crippen LogP contribution in [0.5, 0.6) is 0 Å². The lowest BCUT2D eigenvalue weighted by Crippen LogP contribution is -2.49. The van der Waals surface area contributed by atoms with Gasteiger partial charge < -0.3 is 9.80 Å². The van der Waals surface area contributed by atoms with Gasteiger partial charge in [0.25, 0.3) is 0 Å². The van der Waals surface area contributed by atoms with Gasteiger partial charge in [0.05, 0.1) is 0 Å². The summed E-state index contributed by atoms with van der Waals surface area (Å²) in [5, 5.41) is 0. The molecule has 0 amide bonds. The molecule has 3 heterocycles. The average Bonchev–Trinajstić information content (AvgIpc) is 3.01. The zero-order valence-electron chi connectivity index (χ0n) is 13.4. The van der Waals surface area contributed by atoms with E-state index >= 15 is 0 Å². The summed E-state index contributed by atoms with van der Waals surface area (Å²) < 4.78 is 0. The van der Waals surface area contributed by atoms with Crippen molar-refractivity contribution >= 4 is 0 Å². The summed E-state index contributed by atoms with van der Waals surface area (Å²) >= 11 is 0. The summed E-state index contributed by atoms with van der Waals surface area (Å²) in [5.41, 5.74) is 0. The molecule has 0 saturated carbocycles. The van der Waals surface area contributed by atoms with Crippen molar-refractivity contribution < 1.29 is 0 Å². The van der Waals surface area contributed by atoms with Crippen LogP contribution in [0.1, 0.15) is 45.4 Å². The van der Waals surface area contributed by atoms with Crippen LogP contribution in [0.25, 0.3) is 0 Å². The first kappa shape index (κ1) is 14.8. The van der Waals surface area contributed by atoms with Crippen LogP contribution >= 0.6 is 0 Å². The van der Waals surface area contributed by atoms with Gasteiger partial charge in [-0.25, -0.2) is 0 Å². The van der Waals surface area contributed by atoms with Gasteiger partial charge in [-0.05, 0) is 83.7 Å². The van der Waals surface area contributed by atoms with Crippen LogP contribution in [0, 0.1) is 5.92 Å². The second-order valence-corrected chi connectivity index (χ2v) is 7.18. The topological polar surface area (TPSA) is 9.72 Å². The summed E-state index contributed by atoms with van der Waals surface area (Å²) in [7, 11) is 0. The van der Waals surface area contributed by atoms with E-state index in [1.807, 2.05) is 0 Å². The molecule has 3 heteroatoms. The first-order chi connectivity index (χ1) is 9.85. The smallest absolute Gasteiger partial charge is 0.0120 e. The van der Waals surface area contributed by atoms with Gasteiger partial charge in [-0.1, -0.05) is 6.92 Å². The Morgan fingerprint density at radius 3 is 2.25 bits per heavy atom. The predicted molar refractivity (Wildman–Crippen MR) is 85.1 cm³/mol. The normalized spacial score (nSPS) is 31.9. The van der Waals surface area contributed by atoms with Crippen molar-refractivity contribution in [1.29, 1.82) is 0 Å². The first-order valence-corrected chi connectivity index (χ1v) is 9.04. The van der Waals surface area contributed by atoms with Gasteiger partial charge in [0.15, 0.2) is 0 Å². The van der Waals surface area contributed by atoms with Gasteiger partial charge >= 0.3 is 0 Å². The molecule has 116 valence electrons. The Hall–Kier alpha value is -0.120. The Bertz CT molecular complexity index is 280. The first-order valence-electron chi connectivity index (χ1n) is 9.04. The molecule has 20 heavy (non-hydrogen) atoms. The van der Waals surface area contributed by atoms with Gasteiger partial charge in [-0.15, -0.1) is 0 Å². The van der Waals surface area contributed by atoms with Crippen LogP contribution in [0.3, 0.4) is 0 Å². The van der Waals surface area contributed by atoms with Crippen molar-refractivity contribution in [1.82, 2.24) is 14.7 Å². The second-order valence-electron chi connectivity index (χ2n) is 7.18. The van der Waals surface area contributed by atoms with Crippen LogP contribution in [-0.4, -0.2) is 73.1 Å². The molecule has 1 atom stereocenters. The van der Waals surface area contributed by atoms with Crippen LogP contribution in [0.4, 0.5) is 0 Å². The molecule has 3 aliphatic heterocycles. The van der Waals surface area contributed by atoms with Gasteiger partial charge in [0.1, 0.15) is 0 Å². The maximum absolute atomic E-state index is 2.84. The van der Waals surface area contributed by atoms with E-state index in [1.165, 1.54) is 90.9 Å². The standard InChI is InChI=1S/C17H33N3/c1-2-18-12-7-17(8-13-18)20-11-5-6-16(15-20)14-19-9-3-4-10-19/h16-17H,2-15H2,1H3/t16-/m0/s1. The van der Waals surface area contributed by atoms with E-state index in [9.17, 15) is 0 Å². The maximum Gasteiger partial charge on any atom is 0.0120 e. The minimum absolute atomic E-state index is 0.888. The number of nitrogens with zero attached hydrogens (tertiary/aromatic N) is 3. The third-order valence-electron chi connectivity index (χ3n) is 5.79. The molecule has 0 radical (unpaired) electrons. The molecule has 0 unspecified atom stereocenters. The molecule has 0 N–H and O–H groups in total. The van der Waals surface area contributed by atoms with Gasteiger partial charge in [-0.3, -0.25) is 4.90 Å². The summed E-state index contributed by atoms with van der Waals surface area (Å²) in [4.78, 5) is 8.17. The van der Waals surface area contributed by atoms with Crippen molar-refractivity contribution in [2.45, 2.75) is 51.5 Å². The molecule has 0 bridgehead atoms. The van der Waals surface area contributed by atoms with E-state index in [0.717, 1.165) is 12.0 Å². The van der Waals surface area contributed by atoms with Crippen molar-refractivity contribution in [3.05, 3.63) is 0 Å². The second kappa shape index (κ2) is 7.24. The Morgan fingerprint density at radius 1 is 0.800 bits per heavy atom. The Labute approximate surface area is 125 Å². The fourth-order valence-electron chi connectivity index (χ4n) is 4.51. The molecular formula is C17H33N3. The quantitative estimate of drug-likeness (QED) is 0.782. The van der Waals surface area contributed by atoms with Crippen molar-refractivity contribution in [3.63, 3.8) is 0 Å². The summed E-state index contributed by atoms with van der Waals surface area (Å²) in [5.74, 6) is 0.950. The van der Waals surface area contributed by atoms with Crippen LogP contribution < -0.4 is 0 Å². The van der Waals surface area contributed by atoms with E-state index in [-0.39, 0.29) is 0 Å². The Morgan fingerprint density at radius 2 is 1.55 bits per heavy atom. The van der Waals surface area contributed by atoms with Crippen LogP contribution in [-0.2, 0) is 0 Å².